The van der Waals surface area contributed by atoms with E-state index in [1.807, 2.05) is 30.3 Å². The number of amides is 3. The van der Waals surface area contributed by atoms with Gasteiger partial charge in [-0.1, -0.05) is 30.3 Å². The first-order valence-corrected chi connectivity index (χ1v) is 8.42. The molecule has 0 saturated heterocycles. The third kappa shape index (κ3) is 7.56. The molecule has 0 aliphatic heterocycles. The highest BCUT2D eigenvalue weighted by Crippen LogP contribution is 2.20. The number of rotatable bonds is 7. The summed E-state index contributed by atoms with van der Waals surface area (Å²) in [6.07, 6.45) is -4.41. The lowest BCUT2D eigenvalue weighted by molar-refractivity contribution is -0.153. The number of urea groups is 1. The van der Waals surface area contributed by atoms with Crippen LogP contribution >= 0.6 is 0 Å². The Morgan fingerprint density at radius 1 is 1.04 bits per heavy atom. The zero-order chi connectivity index (χ0) is 20.6. The van der Waals surface area contributed by atoms with Crippen molar-refractivity contribution >= 4 is 17.6 Å². The fourth-order valence-corrected chi connectivity index (χ4v) is 2.17. The van der Waals surface area contributed by atoms with E-state index in [4.69, 9.17) is 0 Å². The Morgan fingerprint density at radius 3 is 2.29 bits per heavy atom. The van der Waals surface area contributed by atoms with Crippen molar-refractivity contribution in [1.29, 1.82) is 0 Å². The molecule has 0 aliphatic rings. The molecule has 2 rings (SSSR count). The molecule has 0 fully saturated rings. The molecule has 9 heteroatoms. The molecular formula is C19H20F3N3O3. The fourth-order valence-electron chi connectivity index (χ4n) is 2.17. The van der Waals surface area contributed by atoms with Gasteiger partial charge in [-0.05, 0) is 36.8 Å². The van der Waals surface area contributed by atoms with Crippen LogP contribution < -0.4 is 20.7 Å². The van der Waals surface area contributed by atoms with Gasteiger partial charge in [-0.25, -0.2) is 4.79 Å². The highest BCUT2D eigenvalue weighted by Gasteiger charge is 2.28. The van der Waals surface area contributed by atoms with E-state index in [9.17, 15) is 22.8 Å². The van der Waals surface area contributed by atoms with Gasteiger partial charge in [0.15, 0.2) is 6.61 Å². The average molecular weight is 395 g/mol. The molecule has 3 N–H and O–H groups in total. The van der Waals surface area contributed by atoms with Crippen LogP contribution in [-0.4, -0.2) is 30.8 Å². The Balaban J connectivity index is 1.77. The predicted octanol–water partition coefficient (Wildman–Crippen LogP) is 3.45. The summed E-state index contributed by atoms with van der Waals surface area (Å²) in [5, 5.41) is 7.64. The van der Waals surface area contributed by atoms with E-state index >= 15 is 0 Å². The number of alkyl halides is 3. The first-order valence-electron chi connectivity index (χ1n) is 8.42. The van der Waals surface area contributed by atoms with Gasteiger partial charge >= 0.3 is 12.2 Å². The first kappa shape index (κ1) is 21.1. The van der Waals surface area contributed by atoms with Crippen molar-refractivity contribution in [2.75, 3.05) is 11.9 Å². The van der Waals surface area contributed by atoms with E-state index in [1.165, 1.54) is 24.3 Å². The van der Waals surface area contributed by atoms with E-state index in [2.05, 4.69) is 20.7 Å². The molecule has 150 valence electrons. The van der Waals surface area contributed by atoms with Crippen molar-refractivity contribution in [2.24, 2.45) is 0 Å². The summed E-state index contributed by atoms with van der Waals surface area (Å²) in [6, 6.07) is 13.5. The zero-order valence-corrected chi connectivity index (χ0v) is 15.0. The Kier molecular flexibility index (Phi) is 7.25. The van der Waals surface area contributed by atoms with Crippen LogP contribution in [0.2, 0.25) is 0 Å². The quantitative estimate of drug-likeness (QED) is 0.671. The van der Waals surface area contributed by atoms with Crippen molar-refractivity contribution in [3.63, 3.8) is 0 Å². The highest BCUT2D eigenvalue weighted by molar-refractivity contribution is 5.97. The monoisotopic (exact) mass is 395 g/mol. The summed E-state index contributed by atoms with van der Waals surface area (Å²) in [6.45, 7) is 0.450. The largest absolute Gasteiger partial charge is 0.484 e. The van der Waals surface area contributed by atoms with Crippen LogP contribution in [0.1, 0.15) is 12.5 Å². The molecule has 6 nitrogen and oxygen atoms in total. The summed E-state index contributed by atoms with van der Waals surface area (Å²) < 4.78 is 41.0. The number of carbonyl (C=O) groups excluding carboxylic acids is 2. The van der Waals surface area contributed by atoms with Crippen molar-refractivity contribution in [3.05, 3.63) is 60.2 Å². The maximum Gasteiger partial charge on any atom is 0.422 e. The molecule has 2 aromatic carbocycles. The molecule has 0 spiro atoms. The number of nitrogens with one attached hydrogen (secondary N) is 3. The average Bonchev–Trinajstić information content (AvgIpc) is 2.66. The second kappa shape index (κ2) is 9.63. The second-order valence-corrected chi connectivity index (χ2v) is 5.95. The lowest BCUT2D eigenvalue weighted by Crippen LogP contribution is -2.45. The number of halogens is 3. The number of hydrogen-bond acceptors (Lipinski definition) is 4. The number of benzene rings is 2. The topological polar surface area (TPSA) is 79.5 Å². The van der Waals surface area contributed by atoms with Gasteiger partial charge in [0.1, 0.15) is 11.8 Å². The van der Waals surface area contributed by atoms with Gasteiger partial charge in [-0.3, -0.25) is 10.1 Å². The van der Waals surface area contributed by atoms with Gasteiger partial charge in [-0.2, -0.15) is 13.2 Å². The zero-order valence-electron chi connectivity index (χ0n) is 15.0. The molecular weight excluding hydrogens is 375 g/mol. The summed E-state index contributed by atoms with van der Waals surface area (Å²) in [5.41, 5.74) is 1.39. The van der Waals surface area contributed by atoms with Gasteiger partial charge in [0, 0.05) is 12.2 Å². The minimum Gasteiger partial charge on any atom is -0.484 e. The molecule has 0 aliphatic carbocycles. The number of anilines is 1. The Hall–Kier alpha value is -3.23. The van der Waals surface area contributed by atoms with Gasteiger partial charge in [0.05, 0.1) is 0 Å². The van der Waals surface area contributed by atoms with Crippen LogP contribution in [0.15, 0.2) is 54.6 Å². The maximum absolute atomic E-state index is 12.1. The van der Waals surface area contributed by atoms with Crippen molar-refractivity contribution in [2.45, 2.75) is 25.7 Å². The first-order chi connectivity index (χ1) is 13.2. The molecule has 0 heterocycles. The Bertz CT molecular complexity index is 781. The predicted molar refractivity (Wildman–Crippen MR) is 97.9 cm³/mol. The van der Waals surface area contributed by atoms with Crippen LogP contribution in [0.5, 0.6) is 5.75 Å². The number of ether oxygens (including phenoxy) is 1. The van der Waals surface area contributed by atoms with E-state index in [0.717, 1.165) is 5.56 Å². The standard InChI is InChI=1S/C19H20F3N3O3/c1-13(17(26)25-18(27)23-11-14-5-3-2-4-6-14)24-15-7-9-16(10-8-15)28-12-19(20,21)22/h2-10,13,24H,11-12H2,1H3,(H2,23,25,26,27). The number of hydrogen-bond donors (Lipinski definition) is 3. The van der Waals surface area contributed by atoms with Gasteiger partial charge in [-0.15, -0.1) is 0 Å². The van der Waals surface area contributed by atoms with E-state index < -0.39 is 30.8 Å². The molecule has 3 amide bonds. The minimum atomic E-state index is -4.41. The van der Waals surface area contributed by atoms with Crippen LogP contribution in [-0.2, 0) is 11.3 Å². The molecule has 0 saturated carbocycles. The smallest absolute Gasteiger partial charge is 0.422 e. The Labute approximate surface area is 160 Å². The van der Waals surface area contributed by atoms with Gasteiger partial charge in [0.25, 0.3) is 0 Å². The third-order valence-electron chi connectivity index (χ3n) is 3.57. The Morgan fingerprint density at radius 2 is 1.68 bits per heavy atom. The van der Waals surface area contributed by atoms with Crippen LogP contribution in [0.3, 0.4) is 0 Å². The van der Waals surface area contributed by atoms with Gasteiger partial charge in [0.2, 0.25) is 5.91 Å². The molecule has 0 aromatic heterocycles. The third-order valence-corrected chi connectivity index (χ3v) is 3.57. The van der Waals surface area contributed by atoms with E-state index in [0.29, 0.717) is 5.69 Å². The maximum atomic E-state index is 12.1. The van der Waals surface area contributed by atoms with E-state index in [-0.39, 0.29) is 12.3 Å². The minimum absolute atomic E-state index is 0.0558. The summed E-state index contributed by atoms with van der Waals surface area (Å²) in [4.78, 5) is 23.9. The lowest BCUT2D eigenvalue weighted by atomic mass is 10.2. The number of imide groups is 1. The van der Waals surface area contributed by atoms with Crippen LogP contribution in [0.4, 0.5) is 23.7 Å². The molecule has 2 aromatic rings. The number of carbonyl (C=O) groups is 2. The summed E-state index contributed by atoms with van der Waals surface area (Å²) >= 11 is 0. The molecule has 1 unspecified atom stereocenters. The molecule has 0 bridgehead atoms. The van der Waals surface area contributed by atoms with Crippen LogP contribution in [0, 0.1) is 0 Å². The fraction of sp³-hybridized carbons (Fsp3) is 0.263. The highest BCUT2D eigenvalue weighted by atomic mass is 19.4. The molecule has 28 heavy (non-hydrogen) atoms. The lowest BCUT2D eigenvalue weighted by Gasteiger charge is -2.15. The van der Waals surface area contributed by atoms with Crippen LogP contribution in [0.25, 0.3) is 0 Å². The summed E-state index contributed by atoms with van der Waals surface area (Å²) in [7, 11) is 0. The van der Waals surface area contributed by atoms with Crippen molar-refractivity contribution in [3.8, 4) is 5.75 Å². The molecule has 0 radical (unpaired) electrons. The normalized spacial score (nSPS) is 12.0. The summed E-state index contributed by atoms with van der Waals surface area (Å²) in [5.74, 6) is -0.497. The molecule has 1 atom stereocenters. The SMILES string of the molecule is CC(Nc1ccc(OCC(F)(F)F)cc1)C(=O)NC(=O)NCc1ccccc1. The second-order valence-electron chi connectivity index (χ2n) is 5.95. The van der Waals surface area contributed by atoms with Crippen molar-refractivity contribution < 1.29 is 27.5 Å². The van der Waals surface area contributed by atoms with E-state index in [1.54, 1.807) is 6.92 Å². The van der Waals surface area contributed by atoms with Gasteiger partial charge < -0.3 is 15.4 Å². The van der Waals surface area contributed by atoms with Crippen molar-refractivity contribution in [1.82, 2.24) is 10.6 Å².